The number of carboxylic acid groups (broad SMARTS) is 1. The normalized spacial score (nSPS) is 11.4. The second-order valence-corrected chi connectivity index (χ2v) is 9.91. The number of nitrogens with zero attached hydrogens (tertiary/aromatic N) is 2. The van der Waals surface area contributed by atoms with Crippen LogP contribution >= 0.6 is 45.9 Å². The van der Waals surface area contributed by atoms with E-state index in [1.54, 1.807) is 30.5 Å². The van der Waals surface area contributed by atoms with Gasteiger partial charge in [-0.1, -0.05) is 29.3 Å². The topological polar surface area (TPSA) is 119 Å². The average Bonchev–Trinajstić information content (AvgIpc) is 3.44. The molecule has 3 N–H and O–H groups in total. The van der Waals surface area contributed by atoms with Crippen molar-refractivity contribution in [1.82, 2.24) is 10.3 Å². The summed E-state index contributed by atoms with van der Waals surface area (Å²) < 4.78 is 0. The molecule has 2 aromatic heterocycles. The third-order valence-corrected chi connectivity index (χ3v) is 7.54. The molecule has 0 bridgehead atoms. The molecule has 178 valence electrons. The summed E-state index contributed by atoms with van der Waals surface area (Å²) in [5, 5.41) is 26.0. The molecule has 2 amide bonds. The highest BCUT2D eigenvalue weighted by molar-refractivity contribution is 7.16. The molecule has 0 unspecified atom stereocenters. The molecule has 1 aromatic carbocycles. The molecule has 0 aliphatic rings. The van der Waals surface area contributed by atoms with E-state index >= 15 is 0 Å². The highest BCUT2D eigenvalue weighted by atomic mass is 35.5. The van der Waals surface area contributed by atoms with Gasteiger partial charge in [-0.25, -0.2) is 5.43 Å². The highest BCUT2D eigenvalue weighted by Crippen LogP contribution is 2.40. The summed E-state index contributed by atoms with van der Waals surface area (Å²) in [6, 6.07) is 8.04. The molecule has 2 heterocycles. The van der Waals surface area contributed by atoms with E-state index in [1.165, 1.54) is 35.4 Å². The molecule has 0 spiro atoms. The summed E-state index contributed by atoms with van der Waals surface area (Å²) in [6.45, 7) is 1.70. The first-order chi connectivity index (χ1) is 16.1. The lowest BCUT2D eigenvalue weighted by Gasteiger charge is -2.14. The van der Waals surface area contributed by atoms with E-state index in [0.717, 1.165) is 11.3 Å². The Morgan fingerprint density at radius 1 is 1.12 bits per heavy atom. The molecule has 34 heavy (non-hydrogen) atoms. The lowest BCUT2D eigenvalue weighted by atomic mass is 10.1. The summed E-state index contributed by atoms with van der Waals surface area (Å²) in [4.78, 5) is 38.0. The van der Waals surface area contributed by atoms with Gasteiger partial charge in [-0.05, 0) is 36.8 Å². The Morgan fingerprint density at radius 3 is 2.50 bits per heavy atom. The number of halogens is 2. The maximum atomic E-state index is 12.5. The Kier molecular flexibility index (Phi) is 8.32. The van der Waals surface area contributed by atoms with Crippen LogP contribution in [0.2, 0.25) is 10.0 Å². The summed E-state index contributed by atoms with van der Waals surface area (Å²) in [6.07, 6.45) is -0.169. The SMILES string of the molecule is C/C(=N\NC(=O)c1ccc(C(=O)N(C)CCC(=O)O)s1)c1csc(-c2ccc(Cl)c(Cl)c2)c1O. The molecule has 3 aromatic rings. The van der Waals surface area contributed by atoms with Gasteiger partial charge in [0.2, 0.25) is 0 Å². The number of carbonyl (C=O) groups excluding carboxylic acids is 2. The van der Waals surface area contributed by atoms with Crippen molar-refractivity contribution in [2.45, 2.75) is 13.3 Å². The molecule has 0 saturated carbocycles. The Balaban J connectivity index is 1.69. The Hall–Kier alpha value is -2.92. The Bertz CT molecular complexity index is 1290. The van der Waals surface area contributed by atoms with Gasteiger partial charge in [-0.15, -0.1) is 22.7 Å². The molecule has 0 aliphatic carbocycles. The fourth-order valence-electron chi connectivity index (χ4n) is 2.83. The van der Waals surface area contributed by atoms with Crippen LogP contribution in [0, 0.1) is 0 Å². The van der Waals surface area contributed by atoms with E-state index in [0.29, 0.717) is 36.6 Å². The zero-order chi connectivity index (χ0) is 25.0. The van der Waals surface area contributed by atoms with Crippen molar-refractivity contribution in [1.29, 1.82) is 0 Å². The van der Waals surface area contributed by atoms with Crippen LogP contribution in [-0.2, 0) is 4.79 Å². The van der Waals surface area contributed by atoms with E-state index in [2.05, 4.69) is 10.5 Å². The number of carbonyl (C=O) groups is 3. The number of amides is 2. The number of rotatable bonds is 8. The van der Waals surface area contributed by atoms with Crippen molar-refractivity contribution >= 4 is 69.4 Å². The van der Waals surface area contributed by atoms with Crippen molar-refractivity contribution in [3.05, 3.63) is 61.1 Å². The van der Waals surface area contributed by atoms with E-state index in [-0.39, 0.29) is 29.5 Å². The van der Waals surface area contributed by atoms with Gasteiger partial charge in [0.05, 0.1) is 42.4 Å². The molecule has 0 radical (unpaired) electrons. The van der Waals surface area contributed by atoms with Crippen LogP contribution < -0.4 is 5.43 Å². The fraction of sp³-hybridized carbons (Fsp3) is 0.182. The van der Waals surface area contributed by atoms with Gasteiger partial charge in [0.25, 0.3) is 11.8 Å². The lowest BCUT2D eigenvalue weighted by molar-refractivity contribution is -0.137. The van der Waals surface area contributed by atoms with Crippen LogP contribution in [0.3, 0.4) is 0 Å². The summed E-state index contributed by atoms with van der Waals surface area (Å²) >= 11 is 14.3. The second-order valence-electron chi connectivity index (χ2n) is 7.13. The van der Waals surface area contributed by atoms with Crippen LogP contribution in [-0.4, -0.2) is 52.2 Å². The van der Waals surface area contributed by atoms with Crippen LogP contribution in [0.5, 0.6) is 5.75 Å². The first kappa shape index (κ1) is 25.7. The number of hydrazone groups is 1. The lowest BCUT2D eigenvalue weighted by Crippen LogP contribution is -2.28. The number of hydrogen-bond acceptors (Lipinski definition) is 7. The minimum Gasteiger partial charge on any atom is -0.506 e. The quantitative estimate of drug-likeness (QED) is 0.268. The highest BCUT2D eigenvalue weighted by Gasteiger charge is 2.19. The first-order valence-corrected chi connectivity index (χ1v) is 12.2. The molecule has 12 heteroatoms. The maximum absolute atomic E-state index is 12.5. The summed E-state index contributed by atoms with van der Waals surface area (Å²) in [7, 11) is 1.50. The van der Waals surface area contributed by atoms with Gasteiger partial charge in [-0.2, -0.15) is 5.10 Å². The number of hydrogen-bond donors (Lipinski definition) is 3. The molecule has 3 rings (SSSR count). The standard InChI is InChI=1S/C22H19Cl2N3O5S2/c1-11(13-10-33-20(19(13)30)12-3-4-14(23)15(24)9-12)25-26-21(31)16-5-6-17(34-16)22(32)27(2)8-7-18(28)29/h3-6,9-10,30H,7-8H2,1-2H3,(H,26,31)(H,28,29)/b25-11+. The molecule has 0 saturated heterocycles. The van der Waals surface area contributed by atoms with Gasteiger partial charge in [0.1, 0.15) is 5.75 Å². The van der Waals surface area contributed by atoms with Crippen molar-refractivity contribution < 1.29 is 24.6 Å². The van der Waals surface area contributed by atoms with E-state index in [4.69, 9.17) is 28.3 Å². The summed E-state index contributed by atoms with van der Waals surface area (Å²) in [5.74, 6) is -1.88. The number of aliphatic carboxylic acids is 1. The van der Waals surface area contributed by atoms with Gasteiger partial charge < -0.3 is 15.1 Å². The smallest absolute Gasteiger partial charge is 0.305 e. The fourth-order valence-corrected chi connectivity index (χ4v) is 5.02. The Labute approximate surface area is 213 Å². The number of carboxylic acids is 1. The van der Waals surface area contributed by atoms with Crippen LogP contribution in [0.15, 0.2) is 40.8 Å². The minimum atomic E-state index is -1.00. The van der Waals surface area contributed by atoms with Crippen molar-refractivity contribution in [3.8, 4) is 16.2 Å². The van der Waals surface area contributed by atoms with Gasteiger partial charge in [-0.3, -0.25) is 14.4 Å². The maximum Gasteiger partial charge on any atom is 0.305 e. The predicted molar refractivity (Wildman–Crippen MR) is 135 cm³/mol. The zero-order valence-electron chi connectivity index (χ0n) is 18.0. The summed E-state index contributed by atoms with van der Waals surface area (Å²) in [5.41, 5.74) is 3.96. The molecule has 0 aliphatic heterocycles. The van der Waals surface area contributed by atoms with Crippen molar-refractivity contribution in [2.24, 2.45) is 5.10 Å². The average molecular weight is 540 g/mol. The largest absolute Gasteiger partial charge is 0.506 e. The van der Waals surface area contributed by atoms with E-state index in [1.807, 2.05) is 0 Å². The Morgan fingerprint density at radius 2 is 1.82 bits per heavy atom. The number of nitrogens with one attached hydrogen (secondary N) is 1. The third-order valence-electron chi connectivity index (χ3n) is 4.71. The number of aromatic hydroxyl groups is 1. The molecule has 0 atom stereocenters. The number of benzene rings is 1. The van der Waals surface area contributed by atoms with Crippen LogP contribution in [0.1, 0.15) is 38.3 Å². The molecule has 8 nitrogen and oxygen atoms in total. The van der Waals surface area contributed by atoms with Crippen LogP contribution in [0.25, 0.3) is 10.4 Å². The molecular weight excluding hydrogens is 521 g/mol. The third kappa shape index (κ3) is 5.95. The van der Waals surface area contributed by atoms with E-state index < -0.39 is 11.9 Å². The molecular formula is C22H19Cl2N3O5S2. The second kappa shape index (κ2) is 11.0. The van der Waals surface area contributed by atoms with Crippen molar-refractivity contribution in [3.63, 3.8) is 0 Å². The zero-order valence-corrected chi connectivity index (χ0v) is 21.1. The van der Waals surface area contributed by atoms with Crippen LogP contribution in [0.4, 0.5) is 0 Å². The minimum absolute atomic E-state index is 0.00675. The number of thiophene rings is 2. The van der Waals surface area contributed by atoms with Crippen molar-refractivity contribution in [2.75, 3.05) is 13.6 Å². The van der Waals surface area contributed by atoms with Gasteiger partial charge in [0, 0.05) is 19.0 Å². The van der Waals surface area contributed by atoms with Gasteiger partial charge in [0.15, 0.2) is 0 Å². The molecule has 0 fully saturated rings. The predicted octanol–water partition coefficient (Wildman–Crippen LogP) is 5.19. The van der Waals surface area contributed by atoms with Gasteiger partial charge >= 0.3 is 5.97 Å². The van der Waals surface area contributed by atoms with E-state index in [9.17, 15) is 19.5 Å². The monoisotopic (exact) mass is 539 g/mol. The first-order valence-electron chi connectivity index (χ1n) is 9.76.